The van der Waals surface area contributed by atoms with Gasteiger partial charge in [0.1, 0.15) is 5.82 Å². The molecule has 0 aliphatic heterocycles. The summed E-state index contributed by atoms with van der Waals surface area (Å²) in [5.74, 6) is -0.597. The van der Waals surface area contributed by atoms with Crippen LogP contribution in [0.25, 0.3) is 0 Å². The lowest BCUT2D eigenvalue weighted by Gasteiger charge is -2.35. The maximum absolute atomic E-state index is 13.5. The Morgan fingerprint density at radius 2 is 1.70 bits per heavy atom. The number of nitrogens with zero attached hydrogens (tertiary/aromatic N) is 2. The maximum Gasteiger partial charge on any atom is 0.318 e. The van der Waals surface area contributed by atoms with Crippen LogP contribution >= 0.6 is 0 Å². The summed E-state index contributed by atoms with van der Waals surface area (Å²) in [4.78, 5) is 29.6. The number of carbonyl (C=O) groups excluding carboxylic acids is 2. The molecule has 0 bridgehead atoms. The van der Waals surface area contributed by atoms with Crippen molar-refractivity contribution < 1.29 is 14.0 Å². The number of urea groups is 1. The third kappa shape index (κ3) is 7.48. The predicted molar refractivity (Wildman–Crippen MR) is 133 cm³/mol. The molecule has 0 aliphatic carbocycles. The van der Waals surface area contributed by atoms with Crippen LogP contribution < -0.4 is 15.5 Å². The van der Waals surface area contributed by atoms with Gasteiger partial charge in [0.05, 0.1) is 0 Å². The fourth-order valence-electron chi connectivity index (χ4n) is 3.40. The topological polar surface area (TPSA) is 64.7 Å². The SMILES string of the molecule is CC(C)C(C)N(Cc1cc(NC(=O)c2cccc(F)c2)ccc1N(C)C)C(=O)NC(C)(C)C. The third-order valence-electron chi connectivity index (χ3n) is 5.45. The second-order valence-electron chi connectivity index (χ2n) is 10.00. The largest absolute Gasteiger partial charge is 0.377 e. The highest BCUT2D eigenvalue weighted by Crippen LogP contribution is 2.27. The molecule has 0 radical (unpaired) electrons. The summed E-state index contributed by atoms with van der Waals surface area (Å²) < 4.78 is 13.5. The minimum atomic E-state index is -0.463. The van der Waals surface area contributed by atoms with Gasteiger partial charge in [-0.2, -0.15) is 0 Å². The van der Waals surface area contributed by atoms with E-state index >= 15 is 0 Å². The van der Waals surface area contributed by atoms with Crippen molar-refractivity contribution in [3.8, 4) is 0 Å². The van der Waals surface area contributed by atoms with Gasteiger partial charge in [-0.25, -0.2) is 9.18 Å². The highest BCUT2D eigenvalue weighted by Gasteiger charge is 2.27. The molecule has 0 aliphatic rings. The van der Waals surface area contributed by atoms with Gasteiger partial charge < -0.3 is 20.4 Å². The van der Waals surface area contributed by atoms with Crippen LogP contribution in [-0.2, 0) is 6.54 Å². The van der Waals surface area contributed by atoms with Crippen molar-refractivity contribution in [3.05, 3.63) is 59.4 Å². The van der Waals surface area contributed by atoms with Crippen molar-refractivity contribution >= 4 is 23.3 Å². The molecule has 2 N–H and O–H groups in total. The van der Waals surface area contributed by atoms with Crippen molar-refractivity contribution in [3.63, 3.8) is 0 Å². The fourth-order valence-corrected chi connectivity index (χ4v) is 3.40. The highest BCUT2D eigenvalue weighted by atomic mass is 19.1. The number of rotatable bonds is 7. The van der Waals surface area contributed by atoms with Gasteiger partial charge in [0.25, 0.3) is 5.91 Å². The van der Waals surface area contributed by atoms with E-state index in [0.29, 0.717) is 12.2 Å². The number of halogens is 1. The quantitative estimate of drug-likeness (QED) is 0.578. The molecule has 0 saturated carbocycles. The molecule has 3 amide bonds. The summed E-state index contributed by atoms with van der Waals surface area (Å²) >= 11 is 0. The van der Waals surface area contributed by atoms with Crippen molar-refractivity contribution in [2.24, 2.45) is 5.92 Å². The molecule has 33 heavy (non-hydrogen) atoms. The Hall–Kier alpha value is -3.09. The van der Waals surface area contributed by atoms with Crippen molar-refractivity contribution in [1.29, 1.82) is 0 Å². The average Bonchev–Trinajstić information content (AvgIpc) is 2.70. The van der Waals surface area contributed by atoms with Gasteiger partial charge in [-0.3, -0.25) is 4.79 Å². The van der Waals surface area contributed by atoms with Crippen molar-refractivity contribution in [1.82, 2.24) is 10.2 Å². The van der Waals surface area contributed by atoms with E-state index in [-0.39, 0.29) is 29.1 Å². The fraction of sp³-hybridized carbons (Fsp3) is 0.462. The maximum atomic E-state index is 13.5. The first-order valence-corrected chi connectivity index (χ1v) is 11.2. The third-order valence-corrected chi connectivity index (χ3v) is 5.45. The molecule has 0 heterocycles. The minimum Gasteiger partial charge on any atom is -0.377 e. The van der Waals surface area contributed by atoms with E-state index in [1.165, 1.54) is 18.2 Å². The normalized spacial score (nSPS) is 12.3. The van der Waals surface area contributed by atoms with Gasteiger partial charge in [0.15, 0.2) is 0 Å². The van der Waals surface area contributed by atoms with Crippen molar-refractivity contribution in [2.45, 2.75) is 59.7 Å². The van der Waals surface area contributed by atoms with Gasteiger partial charge in [-0.05, 0) is 75.6 Å². The Bertz CT molecular complexity index is 982. The van der Waals surface area contributed by atoms with Gasteiger partial charge in [-0.1, -0.05) is 19.9 Å². The molecule has 1 atom stereocenters. The van der Waals surface area contributed by atoms with E-state index in [4.69, 9.17) is 0 Å². The zero-order chi connectivity index (χ0) is 24.9. The summed E-state index contributed by atoms with van der Waals surface area (Å²) in [5, 5.41) is 5.91. The van der Waals surface area contributed by atoms with Gasteiger partial charge in [0, 0.05) is 49.2 Å². The summed E-state index contributed by atoms with van der Waals surface area (Å²) in [5.41, 5.74) is 2.31. The molecule has 180 valence electrons. The number of benzene rings is 2. The molecule has 6 nitrogen and oxygen atoms in total. The Morgan fingerprint density at radius 1 is 1.03 bits per heavy atom. The van der Waals surface area contributed by atoms with Crippen LogP contribution in [0, 0.1) is 11.7 Å². The standard InChI is InChI=1S/C26H37FN4O2/c1-17(2)18(3)31(25(33)29-26(4,5)6)16-20-15-22(12-13-23(20)30(7)8)28-24(32)19-10-9-11-21(27)14-19/h9-15,17-18H,16H2,1-8H3,(H,28,32)(H,29,33). The molecule has 0 spiro atoms. The van der Waals surface area contributed by atoms with E-state index < -0.39 is 11.7 Å². The molecule has 2 aromatic rings. The summed E-state index contributed by atoms with van der Waals surface area (Å²) in [7, 11) is 3.88. The first-order valence-electron chi connectivity index (χ1n) is 11.2. The Balaban J connectivity index is 2.38. The first kappa shape index (κ1) is 26.2. The molecule has 0 aromatic heterocycles. The molecule has 2 rings (SSSR count). The monoisotopic (exact) mass is 456 g/mol. The Morgan fingerprint density at radius 3 is 2.24 bits per heavy atom. The summed E-state index contributed by atoms with van der Waals surface area (Å²) in [6.07, 6.45) is 0. The molecule has 0 saturated heterocycles. The molecule has 2 aromatic carbocycles. The Labute approximate surface area is 197 Å². The van der Waals surface area contributed by atoms with Gasteiger partial charge in [0.2, 0.25) is 0 Å². The van der Waals surface area contributed by atoms with Gasteiger partial charge >= 0.3 is 6.03 Å². The van der Waals surface area contributed by atoms with E-state index in [2.05, 4.69) is 24.5 Å². The summed E-state index contributed by atoms with van der Waals surface area (Å²) in [6, 6.07) is 11.0. The first-order chi connectivity index (χ1) is 15.3. The zero-order valence-corrected chi connectivity index (χ0v) is 21.0. The molecular formula is C26H37FN4O2. The number of hydrogen-bond donors (Lipinski definition) is 2. The van der Waals surface area contributed by atoms with Crippen LogP contribution in [0.3, 0.4) is 0 Å². The second kappa shape index (κ2) is 10.7. The van der Waals surface area contributed by atoms with E-state index in [1.54, 1.807) is 6.07 Å². The predicted octanol–water partition coefficient (Wildman–Crippen LogP) is 5.50. The van der Waals surface area contributed by atoms with Crippen LogP contribution in [0.5, 0.6) is 0 Å². The molecule has 7 heteroatoms. The van der Waals surface area contributed by atoms with Crippen molar-refractivity contribution in [2.75, 3.05) is 24.3 Å². The van der Waals surface area contributed by atoms with E-state index in [0.717, 1.165) is 11.3 Å². The minimum absolute atomic E-state index is 0.00657. The van der Waals surface area contributed by atoms with Crippen LogP contribution in [0.2, 0.25) is 0 Å². The molecule has 1 unspecified atom stereocenters. The van der Waals surface area contributed by atoms with E-state index in [1.807, 2.05) is 69.8 Å². The number of anilines is 2. The highest BCUT2D eigenvalue weighted by molar-refractivity contribution is 6.04. The Kier molecular flexibility index (Phi) is 8.47. The lowest BCUT2D eigenvalue weighted by atomic mass is 10.0. The smallest absolute Gasteiger partial charge is 0.318 e. The molecule has 0 fully saturated rings. The number of hydrogen-bond acceptors (Lipinski definition) is 3. The second-order valence-corrected chi connectivity index (χ2v) is 10.00. The molecular weight excluding hydrogens is 419 g/mol. The van der Waals surface area contributed by atoms with Crippen LogP contribution in [0.1, 0.15) is 57.5 Å². The number of carbonyl (C=O) groups is 2. The van der Waals surface area contributed by atoms with E-state index in [9.17, 15) is 14.0 Å². The van der Waals surface area contributed by atoms with Gasteiger partial charge in [-0.15, -0.1) is 0 Å². The van der Waals surface area contributed by atoms with Crippen LogP contribution in [0.15, 0.2) is 42.5 Å². The van der Waals surface area contributed by atoms with Crippen LogP contribution in [-0.4, -0.2) is 42.5 Å². The lowest BCUT2D eigenvalue weighted by Crippen LogP contribution is -2.52. The number of amides is 3. The average molecular weight is 457 g/mol. The lowest BCUT2D eigenvalue weighted by molar-refractivity contribution is 0.102. The summed E-state index contributed by atoms with van der Waals surface area (Å²) in [6.45, 7) is 12.5. The zero-order valence-electron chi connectivity index (χ0n) is 21.0. The van der Waals surface area contributed by atoms with Crippen LogP contribution in [0.4, 0.5) is 20.6 Å². The number of nitrogens with one attached hydrogen (secondary N) is 2.